The quantitative estimate of drug-likeness (QED) is 0.535. The van der Waals surface area contributed by atoms with Crippen molar-refractivity contribution in [3.63, 3.8) is 0 Å². The number of carbonyl (C=O) groups excluding carboxylic acids is 2. The second kappa shape index (κ2) is 7.88. The van der Waals surface area contributed by atoms with Crippen LogP contribution in [0.4, 0.5) is 0 Å². The molecule has 4 heteroatoms. The summed E-state index contributed by atoms with van der Waals surface area (Å²) in [6.07, 6.45) is 5.04. The van der Waals surface area contributed by atoms with Crippen LogP contribution in [0.3, 0.4) is 0 Å². The van der Waals surface area contributed by atoms with Gasteiger partial charge in [0.05, 0.1) is 13.2 Å². The molecule has 1 fully saturated rings. The third-order valence-electron chi connectivity index (χ3n) is 4.54. The van der Waals surface area contributed by atoms with Crippen molar-refractivity contribution >= 4 is 11.9 Å². The molecule has 4 nitrogen and oxygen atoms in total. The van der Waals surface area contributed by atoms with Crippen LogP contribution in [0.15, 0.2) is 0 Å². The fourth-order valence-corrected chi connectivity index (χ4v) is 2.96. The second-order valence-corrected chi connectivity index (χ2v) is 9.81. The van der Waals surface area contributed by atoms with Crippen molar-refractivity contribution in [3.05, 3.63) is 0 Å². The van der Waals surface area contributed by atoms with Gasteiger partial charge in [-0.05, 0) is 36.5 Å². The van der Waals surface area contributed by atoms with Crippen LogP contribution < -0.4 is 0 Å². The monoisotopic (exact) mass is 340 g/mol. The molecule has 1 aliphatic carbocycles. The highest BCUT2D eigenvalue weighted by molar-refractivity contribution is 6.00. The molecule has 0 bridgehead atoms. The fourth-order valence-electron chi connectivity index (χ4n) is 2.96. The zero-order valence-corrected chi connectivity index (χ0v) is 16.7. The maximum absolute atomic E-state index is 12.9. The predicted octanol–water partition coefficient (Wildman–Crippen LogP) is 4.75. The predicted molar refractivity (Wildman–Crippen MR) is 95.5 cm³/mol. The molecule has 0 saturated heterocycles. The van der Waals surface area contributed by atoms with Crippen LogP contribution in [-0.4, -0.2) is 25.2 Å². The summed E-state index contributed by atoms with van der Waals surface area (Å²) >= 11 is 0. The molecule has 0 atom stereocenters. The Bertz CT molecular complexity index is 404. The number of rotatable bonds is 5. The molecule has 0 amide bonds. The van der Waals surface area contributed by atoms with Gasteiger partial charge in [0.25, 0.3) is 0 Å². The number of ether oxygens (including phenoxy) is 2. The lowest BCUT2D eigenvalue weighted by Crippen LogP contribution is -2.47. The van der Waals surface area contributed by atoms with Crippen LogP contribution in [0.25, 0.3) is 0 Å². The standard InChI is InChI=1S/C20H36O4/c1-18(2,3)13-23-16(21)20(7,15-11-9-8-10-12-15)17(22)24-14-19(4,5)6/h15H,8-14H2,1-7H3. The van der Waals surface area contributed by atoms with Gasteiger partial charge in [-0.2, -0.15) is 0 Å². The zero-order valence-electron chi connectivity index (χ0n) is 16.7. The van der Waals surface area contributed by atoms with Gasteiger partial charge in [-0.1, -0.05) is 60.8 Å². The SMILES string of the molecule is CC(C)(C)COC(=O)C(C)(C(=O)OCC(C)(C)C)C1CCCCC1. The third kappa shape index (κ3) is 6.10. The zero-order chi connectivity index (χ0) is 18.6. The first kappa shape index (κ1) is 21.0. The van der Waals surface area contributed by atoms with Crippen LogP contribution in [0.2, 0.25) is 0 Å². The first-order valence-electron chi connectivity index (χ1n) is 9.21. The molecular weight excluding hydrogens is 304 g/mol. The van der Waals surface area contributed by atoms with Crippen LogP contribution in [-0.2, 0) is 19.1 Å². The number of esters is 2. The normalized spacial score (nSPS) is 17.5. The van der Waals surface area contributed by atoms with Gasteiger partial charge in [-0.25, -0.2) is 0 Å². The molecule has 0 aromatic carbocycles. The minimum Gasteiger partial charge on any atom is -0.464 e. The maximum atomic E-state index is 12.9. The lowest BCUT2D eigenvalue weighted by molar-refractivity contribution is -0.180. The van der Waals surface area contributed by atoms with Gasteiger partial charge in [0, 0.05) is 0 Å². The van der Waals surface area contributed by atoms with E-state index in [1.165, 1.54) is 6.42 Å². The molecule has 24 heavy (non-hydrogen) atoms. The average molecular weight is 341 g/mol. The molecule has 0 aliphatic heterocycles. The van der Waals surface area contributed by atoms with E-state index >= 15 is 0 Å². The van der Waals surface area contributed by atoms with Crippen LogP contribution in [0.5, 0.6) is 0 Å². The van der Waals surface area contributed by atoms with E-state index < -0.39 is 17.4 Å². The lowest BCUT2D eigenvalue weighted by atomic mass is 9.69. The van der Waals surface area contributed by atoms with Crippen LogP contribution in [0, 0.1) is 22.2 Å². The minimum atomic E-state index is -1.20. The largest absolute Gasteiger partial charge is 0.464 e. The average Bonchev–Trinajstić information content (AvgIpc) is 2.48. The Labute approximate surface area is 147 Å². The first-order chi connectivity index (χ1) is 10.9. The van der Waals surface area contributed by atoms with E-state index in [1.54, 1.807) is 6.92 Å². The maximum Gasteiger partial charge on any atom is 0.323 e. The molecule has 140 valence electrons. The lowest BCUT2D eigenvalue weighted by Gasteiger charge is -2.37. The molecule has 0 radical (unpaired) electrons. The van der Waals surface area contributed by atoms with Crippen molar-refractivity contribution in [2.75, 3.05) is 13.2 Å². The van der Waals surface area contributed by atoms with Crippen molar-refractivity contribution in [2.24, 2.45) is 22.2 Å². The van der Waals surface area contributed by atoms with Gasteiger partial charge in [-0.15, -0.1) is 0 Å². The van der Waals surface area contributed by atoms with E-state index in [9.17, 15) is 9.59 Å². The Balaban J connectivity index is 2.93. The van der Waals surface area contributed by atoms with Crippen LogP contribution in [0.1, 0.15) is 80.6 Å². The summed E-state index contributed by atoms with van der Waals surface area (Å²) in [5.74, 6) is -0.849. The van der Waals surface area contributed by atoms with E-state index in [0.29, 0.717) is 13.2 Å². The molecule has 0 heterocycles. The van der Waals surface area contributed by atoms with Gasteiger partial charge in [-0.3, -0.25) is 9.59 Å². The van der Waals surface area contributed by atoms with Gasteiger partial charge in [0.15, 0.2) is 5.41 Å². The topological polar surface area (TPSA) is 52.6 Å². The molecule has 0 unspecified atom stereocenters. The first-order valence-corrected chi connectivity index (χ1v) is 9.21. The molecule has 1 aliphatic rings. The van der Waals surface area contributed by atoms with Crippen LogP contribution >= 0.6 is 0 Å². The Morgan fingerprint density at radius 2 is 1.12 bits per heavy atom. The Hall–Kier alpha value is -1.06. The van der Waals surface area contributed by atoms with Crippen molar-refractivity contribution in [3.8, 4) is 0 Å². The van der Waals surface area contributed by atoms with E-state index in [4.69, 9.17) is 9.47 Å². The molecule has 1 rings (SSSR count). The van der Waals surface area contributed by atoms with Gasteiger partial charge in [0.1, 0.15) is 0 Å². The van der Waals surface area contributed by atoms with Crippen molar-refractivity contribution in [2.45, 2.75) is 80.6 Å². The summed E-state index contributed by atoms with van der Waals surface area (Å²) in [6.45, 7) is 14.4. The Morgan fingerprint density at radius 1 is 0.750 bits per heavy atom. The summed E-state index contributed by atoms with van der Waals surface area (Å²) in [5, 5.41) is 0. The molecule has 0 N–H and O–H groups in total. The molecule has 1 saturated carbocycles. The number of hydrogen-bond acceptors (Lipinski definition) is 4. The van der Waals surface area contributed by atoms with Crippen molar-refractivity contribution < 1.29 is 19.1 Å². The van der Waals surface area contributed by atoms with Gasteiger partial charge >= 0.3 is 11.9 Å². The Morgan fingerprint density at radius 3 is 1.46 bits per heavy atom. The molecular formula is C20H36O4. The highest BCUT2D eigenvalue weighted by atomic mass is 16.6. The number of hydrogen-bond donors (Lipinski definition) is 0. The van der Waals surface area contributed by atoms with Gasteiger partial charge < -0.3 is 9.47 Å². The fraction of sp³-hybridized carbons (Fsp3) is 0.900. The molecule has 0 aromatic rings. The minimum absolute atomic E-state index is 0.00573. The van der Waals surface area contributed by atoms with E-state index in [-0.39, 0.29) is 16.7 Å². The molecule has 0 aromatic heterocycles. The van der Waals surface area contributed by atoms with E-state index in [1.807, 2.05) is 41.5 Å². The summed E-state index contributed by atoms with van der Waals surface area (Å²) in [4.78, 5) is 25.7. The Kier molecular flexibility index (Phi) is 6.89. The molecule has 0 spiro atoms. The highest BCUT2D eigenvalue weighted by Crippen LogP contribution is 2.41. The number of carbonyl (C=O) groups is 2. The second-order valence-electron chi connectivity index (χ2n) is 9.81. The summed E-state index contributed by atoms with van der Waals surface area (Å²) in [6, 6.07) is 0. The third-order valence-corrected chi connectivity index (χ3v) is 4.54. The van der Waals surface area contributed by atoms with E-state index in [2.05, 4.69) is 0 Å². The van der Waals surface area contributed by atoms with E-state index in [0.717, 1.165) is 25.7 Å². The summed E-state index contributed by atoms with van der Waals surface area (Å²) in [5.41, 5.74) is -1.45. The van der Waals surface area contributed by atoms with Crippen molar-refractivity contribution in [1.82, 2.24) is 0 Å². The summed E-state index contributed by atoms with van der Waals surface area (Å²) in [7, 11) is 0. The van der Waals surface area contributed by atoms with Crippen molar-refractivity contribution in [1.29, 1.82) is 0 Å². The summed E-state index contributed by atoms with van der Waals surface area (Å²) < 4.78 is 11.1. The smallest absolute Gasteiger partial charge is 0.323 e. The van der Waals surface area contributed by atoms with Gasteiger partial charge in [0.2, 0.25) is 0 Å². The highest BCUT2D eigenvalue weighted by Gasteiger charge is 2.51.